The molecular formula is C19H17ClN2O5S. The van der Waals surface area contributed by atoms with Gasteiger partial charge in [-0.05, 0) is 48.9 Å². The third-order valence-electron chi connectivity index (χ3n) is 3.37. The predicted molar refractivity (Wildman–Crippen MR) is 106 cm³/mol. The first-order valence-corrected chi connectivity index (χ1v) is 9.75. The lowest BCUT2D eigenvalue weighted by Gasteiger charge is -2.11. The van der Waals surface area contributed by atoms with Gasteiger partial charge in [0.15, 0.2) is 0 Å². The highest BCUT2D eigenvalue weighted by atomic mass is 35.5. The first-order chi connectivity index (χ1) is 13.3. The van der Waals surface area contributed by atoms with Crippen molar-refractivity contribution >= 4 is 33.5 Å². The maximum absolute atomic E-state index is 11.8. The summed E-state index contributed by atoms with van der Waals surface area (Å²) >= 11 is 5.90. The minimum atomic E-state index is -4.44. The summed E-state index contributed by atoms with van der Waals surface area (Å²) < 4.78 is 36.5. The van der Waals surface area contributed by atoms with E-state index in [0.29, 0.717) is 11.3 Å². The second kappa shape index (κ2) is 9.84. The van der Waals surface area contributed by atoms with E-state index < -0.39 is 21.1 Å². The van der Waals surface area contributed by atoms with E-state index in [2.05, 4.69) is 10.3 Å². The van der Waals surface area contributed by atoms with E-state index in [1.807, 2.05) is 18.2 Å². The van der Waals surface area contributed by atoms with E-state index in [-0.39, 0.29) is 10.7 Å². The Labute approximate surface area is 167 Å². The van der Waals surface area contributed by atoms with E-state index in [9.17, 15) is 13.2 Å². The van der Waals surface area contributed by atoms with Crippen molar-refractivity contribution in [3.63, 3.8) is 0 Å². The molecule has 0 saturated heterocycles. The van der Waals surface area contributed by atoms with Crippen LogP contribution in [0, 0.1) is 6.92 Å². The summed E-state index contributed by atoms with van der Waals surface area (Å²) in [5.41, 5.74) is 0.570. The van der Waals surface area contributed by atoms with Crippen molar-refractivity contribution in [1.29, 1.82) is 0 Å². The smallest absolute Gasteiger partial charge is 0.410 e. The zero-order valence-electron chi connectivity index (χ0n) is 14.7. The number of hydrogen-bond acceptors (Lipinski definition) is 5. The quantitative estimate of drug-likeness (QED) is 0.600. The first kappa shape index (κ1) is 21.4. The summed E-state index contributed by atoms with van der Waals surface area (Å²) in [5, 5.41) is 2.48. The number of benzene rings is 2. The van der Waals surface area contributed by atoms with Gasteiger partial charge in [0.2, 0.25) is 0 Å². The van der Waals surface area contributed by atoms with Crippen LogP contribution in [0.25, 0.3) is 0 Å². The SMILES string of the molecule is Cc1c(Cl)cc(S(=O)(=O)O)cc1NC(=O)Oc1ccccc1.c1ccncc1. The number of amides is 1. The van der Waals surface area contributed by atoms with Gasteiger partial charge in [-0.1, -0.05) is 35.9 Å². The Morgan fingerprint density at radius 2 is 1.68 bits per heavy atom. The predicted octanol–water partition coefficient (Wildman–Crippen LogP) is 4.59. The van der Waals surface area contributed by atoms with Gasteiger partial charge in [0.05, 0.1) is 4.90 Å². The van der Waals surface area contributed by atoms with Crippen LogP contribution < -0.4 is 10.1 Å². The number of ether oxygens (including phenoxy) is 1. The molecule has 0 atom stereocenters. The summed E-state index contributed by atoms with van der Waals surface area (Å²) in [6.45, 7) is 1.59. The van der Waals surface area contributed by atoms with Crippen LogP contribution in [0.5, 0.6) is 5.75 Å². The van der Waals surface area contributed by atoms with Crippen LogP contribution in [0.1, 0.15) is 5.56 Å². The molecule has 146 valence electrons. The summed E-state index contributed by atoms with van der Waals surface area (Å²) in [6.07, 6.45) is 2.69. The Morgan fingerprint density at radius 1 is 1.07 bits per heavy atom. The van der Waals surface area contributed by atoms with Crippen molar-refractivity contribution < 1.29 is 22.5 Å². The van der Waals surface area contributed by atoms with Crippen LogP contribution in [0.3, 0.4) is 0 Å². The molecule has 1 heterocycles. The van der Waals surface area contributed by atoms with Crippen LogP contribution in [-0.2, 0) is 10.1 Å². The Bertz CT molecular complexity index is 1000. The maximum Gasteiger partial charge on any atom is 0.417 e. The van der Waals surface area contributed by atoms with E-state index in [4.69, 9.17) is 20.9 Å². The van der Waals surface area contributed by atoms with Crippen molar-refractivity contribution in [2.75, 3.05) is 5.32 Å². The third kappa shape index (κ3) is 6.66. The molecule has 0 unspecified atom stereocenters. The Kier molecular flexibility index (Phi) is 7.51. The lowest BCUT2D eigenvalue weighted by Crippen LogP contribution is -2.17. The van der Waals surface area contributed by atoms with Gasteiger partial charge in [0.25, 0.3) is 10.1 Å². The molecule has 7 nitrogen and oxygen atoms in total. The molecule has 2 N–H and O–H groups in total. The minimum Gasteiger partial charge on any atom is -0.410 e. The van der Waals surface area contributed by atoms with Crippen LogP contribution in [0.15, 0.2) is 78.0 Å². The van der Waals surface area contributed by atoms with Gasteiger partial charge in [-0.15, -0.1) is 0 Å². The van der Waals surface area contributed by atoms with Crippen LogP contribution >= 0.6 is 11.6 Å². The molecule has 0 bridgehead atoms. The third-order valence-corrected chi connectivity index (χ3v) is 4.60. The van der Waals surface area contributed by atoms with Gasteiger partial charge < -0.3 is 4.74 Å². The zero-order chi connectivity index (χ0) is 20.6. The molecule has 0 aliphatic rings. The minimum absolute atomic E-state index is 0.0881. The number of hydrogen-bond donors (Lipinski definition) is 2. The van der Waals surface area contributed by atoms with Gasteiger partial charge in [-0.25, -0.2) is 4.79 Å². The van der Waals surface area contributed by atoms with Gasteiger partial charge in [-0.2, -0.15) is 8.42 Å². The molecule has 1 amide bonds. The zero-order valence-corrected chi connectivity index (χ0v) is 16.3. The number of halogens is 1. The number of carbonyl (C=O) groups is 1. The molecule has 0 fully saturated rings. The molecule has 9 heteroatoms. The van der Waals surface area contributed by atoms with Gasteiger partial charge in [0.1, 0.15) is 5.75 Å². The highest BCUT2D eigenvalue weighted by Gasteiger charge is 2.16. The Hall–Kier alpha value is -2.94. The summed E-state index contributed by atoms with van der Waals surface area (Å²) in [5.74, 6) is 0.328. The standard InChI is InChI=1S/C14H12ClNO5S.C5H5N/c1-9-12(15)7-11(22(18,19)20)8-13(9)16-14(17)21-10-5-3-2-4-6-10;1-2-4-6-5-3-1/h2-8H,1H3,(H,16,17)(H,18,19,20);1-5H. The van der Waals surface area contributed by atoms with Crippen molar-refractivity contribution in [3.8, 4) is 5.75 Å². The molecule has 3 rings (SSSR count). The number of anilines is 1. The van der Waals surface area contributed by atoms with Gasteiger partial charge >= 0.3 is 6.09 Å². The van der Waals surface area contributed by atoms with E-state index >= 15 is 0 Å². The number of aromatic nitrogens is 1. The number of nitrogens with one attached hydrogen (secondary N) is 1. The highest BCUT2D eigenvalue weighted by molar-refractivity contribution is 7.85. The number of nitrogens with zero attached hydrogens (tertiary/aromatic N) is 1. The van der Waals surface area contributed by atoms with Crippen molar-refractivity contribution in [3.05, 3.63) is 83.6 Å². The molecule has 0 spiro atoms. The molecule has 0 radical (unpaired) electrons. The number of pyridine rings is 1. The second-order valence-electron chi connectivity index (χ2n) is 5.40. The fourth-order valence-electron chi connectivity index (χ4n) is 1.98. The Morgan fingerprint density at radius 3 is 2.18 bits per heavy atom. The average molecular weight is 421 g/mol. The summed E-state index contributed by atoms with van der Waals surface area (Å²) in [7, 11) is -4.44. The number of rotatable bonds is 3. The van der Waals surface area contributed by atoms with Crippen LogP contribution in [0.2, 0.25) is 5.02 Å². The maximum atomic E-state index is 11.8. The van der Waals surface area contributed by atoms with E-state index in [1.165, 1.54) is 0 Å². The average Bonchev–Trinajstić information content (AvgIpc) is 2.67. The number of carbonyl (C=O) groups excluding carboxylic acids is 1. The van der Waals surface area contributed by atoms with Crippen molar-refractivity contribution in [2.45, 2.75) is 11.8 Å². The lowest BCUT2D eigenvalue weighted by atomic mass is 10.2. The topological polar surface area (TPSA) is 106 Å². The first-order valence-electron chi connectivity index (χ1n) is 7.94. The fraction of sp³-hybridized carbons (Fsp3) is 0.0526. The molecule has 0 saturated carbocycles. The van der Waals surface area contributed by atoms with Crippen molar-refractivity contribution in [2.24, 2.45) is 0 Å². The van der Waals surface area contributed by atoms with Gasteiger partial charge in [0, 0.05) is 23.1 Å². The van der Waals surface area contributed by atoms with Crippen LogP contribution in [0.4, 0.5) is 10.5 Å². The largest absolute Gasteiger partial charge is 0.417 e. The van der Waals surface area contributed by atoms with Crippen molar-refractivity contribution in [1.82, 2.24) is 4.98 Å². The summed E-state index contributed by atoms with van der Waals surface area (Å²) in [4.78, 5) is 15.2. The van der Waals surface area contributed by atoms with E-state index in [0.717, 1.165) is 12.1 Å². The molecule has 0 aliphatic heterocycles. The molecule has 28 heavy (non-hydrogen) atoms. The molecule has 1 aromatic heterocycles. The monoisotopic (exact) mass is 420 g/mol. The molecule has 3 aromatic rings. The summed E-state index contributed by atoms with van der Waals surface area (Å²) in [6, 6.07) is 16.3. The van der Waals surface area contributed by atoms with E-state index in [1.54, 1.807) is 49.6 Å². The van der Waals surface area contributed by atoms with Gasteiger partial charge in [-0.3, -0.25) is 14.9 Å². The molecule has 2 aromatic carbocycles. The molecule has 0 aliphatic carbocycles. The van der Waals surface area contributed by atoms with Crippen LogP contribution in [-0.4, -0.2) is 24.0 Å². The Balaban J connectivity index is 0.000000397. The second-order valence-corrected chi connectivity index (χ2v) is 7.23. The highest BCUT2D eigenvalue weighted by Crippen LogP contribution is 2.28. The normalized spacial score (nSPS) is 10.4. The molecular weight excluding hydrogens is 404 g/mol. The fourth-order valence-corrected chi connectivity index (χ4v) is 2.79. The number of para-hydroxylation sites is 1. The lowest BCUT2D eigenvalue weighted by molar-refractivity contribution is 0.215.